The van der Waals surface area contributed by atoms with Gasteiger partial charge in [-0.05, 0) is 13.8 Å². The number of amides is 2. The van der Waals surface area contributed by atoms with E-state index in [1.54, 1.807) is 16.8 Å². The Kier molecular flexibility index (Phi) is 3.55. The second-order valence-corrected chi connectivity index (χ2v) is 4.36. The van der Waals surface area contributed by atoms with E-state index in [0.717, 1.165) is 0 Å². The van der Waals surface area contributed by atoms with Crippen molar-refractivity contribution in [3.05, 3.63) is 0 Å². The van der Waals surface area contributed by atoms with Crippen molar-refractivity contribution in [3.8, 4) is 0 Å². The molecule has 0 spiro atoms. The zero-order valence-corrected chi connectivity index (χ0v) is 9.43. The molecule has 0 radical (unpaired) electrons. The molecule has 0 bridgehead atoms. The summed E-state index contributed by atoms with van der Waals surface area (Å²) in [6.07, 6.45) is 0.162. The van der Waals surface area contributed by atoms with Crippen molar-refractivity contribution >= 4 is 12.0 Å². The summed E-state index contributed by atoms with van der Waals surface area (Å²) in [6, 6.07) is 0.169. The molecule has 5 nitrogen and oxygen atoms in total. The lowest BCUT2D eigenvalue weighted by molar-refractivity contribution is -0.139. The fourth-order valence-corrected chi connectivity index (χ4v) is 1.55. The van der Waals surface area contributed by atoms with E-state index in [0.29, 0.717) is 13.1 Å². The van der Waals surface area contributed by atoms with E-state index in [-0.39, 0.29) is 24.4 Å². The molecule has 0 aromatic heterocycles. The van der Waals surface area contributed by atoms with Crippen molar-refractivity contribution in [3.63, 3.8) is 0 Å². The molecule has 0 atom stereocenters. The molecular formula is C10H18N2O3. The number of rotatable bonds is 3. The van der Waals surface area contributed by atoms with Gasteiger partial charge in [0.15, 0.2) is 0 Å². The Labute approximate surface area is 89.7 Å². The molecule has 0 saturated carbocycles. The summed E-state index contributed by atoms with van der Waals surface area (Å²) >= 11 is 0. The summed E-state index contributed by atoms with van der Waals surface area (Å²) < 4.78 is 0. The predicted octanol–water partition coefficient (Wildman–Crippen LogP) is 0.853. The highest BCUT2D eigenvalue weighted by molar-refractivity contribution is 5.76. The summed E-state index contributed by atoms with van der Waals surface area (Å²) in [6.45, 7) is 5.04. The standard InChI is InChI=1S/C10H18N2O3/c1-7(2)11(3)10(15)12-5-8(6-12)4-9(13)14/h7-8H,4-6H2,1-3H3,(H,13,14). The molecule has 1 rings (SSSR count). The molecule has 0 aliphatic carbocycles. The Morgan fingerprint density at radius 1 is 1.47 bits per heavy atom. The number of carboxylic acid groups (broad SMARTS) is 1. The maximum Gasteiger partial charge on any atom is 0.319 e. The van der Waals surface area contributed by atoms with Gasteiger partial charge in [-0.1, -0.05) is 0 Å². The molecule has 0 unspecified atom stereocenters. The maximum atomic E-state index is 11.7. The molecule has 15 heavy (non-hydrogen) atoms. The normalized spacial score (nSPS) is 16.4. The Balaban J connectivity index is 2.32. The predicted molar refractivity (Wildman–Crippen MR) is 55.6 cm³/mol. The highest BCUT2D eigenvalue weighted by Gasteiger charge is 2.33. The van der Waals surface area contributed by atoms with Gasteiger partial charge in [-0.25, -0.2) is 4.79 Å². The minimum absolute atomic E-state index is 0.00774. The average molecular weight is 214 g/mol. The largest absolute Gasteiger partial charge is 0.481 e. The van der Waals surface area contributed by atoms with Crippen molar-refractivity contribution < 1.29 is 14.7 Å². The molecule has 1 heterocycles. The van der Waals surface area contributed by atoms with Crippen LogP contribution in [0.3, 0.4) is 0 Å². The van der Waals surface area contributed by atoms with E-state index in [1.165, 1.54) is 0 Å². The van der Waals surface area contributed by atoms with Crippen LogP contribution in [0, 0.1) is 5.92 Å². The van der Waals surface area contributed by atoms with Crippen molar-refractivity contribution in [1.29, 1.82) is 0 Å². The zero-order valence-electron chi connectivity index (χ0n) is 9.43. The number of likely N-dealkylation sites (tertiary alicyclic amines) is 1. The third-order valence-electron chi connectivity index (χ3n) is 2.77. The third-order valence-corrected chi connectivity index (χ3v) is 2.77. The first-order valence-electron chi connectivity index (χ1n) is 5.15. The van der Waals surface area contributed by atoms with E-state index < -0.39 is 5.97 Å². The fraction of sp³-hybridized carbons (Fsp3) is 0.800. The van der Waals surface area contributed by atoms with E-state index in [4.69, 9.17) is 5.11 Å². The Hall–Kier alpha value is -1.26. The van der Waals surface area contributed by atoms with Crippen LogP contribution in [0.15, 0.2) is 0 Å². The zero-order chi connectivity index (χ0) is 11.6. The van der Waals surface area contributed by atoms with Gasteiger partial charge >= 0.3 is 12.0 Å². The van der Waals surface area contributed by atoms with E-state index >= 15 is 0 Å². The van der Waals surface area contributed by atoms with Crippen LogP contribution in [0.25, 0.3) is 0 Å². The molecule has 1 saturated heterocycles. The molecule has 0 aromatic carbocycles. The average Bonchev–Trinajstić information content (AvgIpc) is 2.07. The van der Waals surface area contributed by atoms with E-state index in [2.05, 4.69) is 0 Å². The second kappa shape index (κ2) is 4.51. The second-order valence-electron chi connectivity index (χ2n) is 4.36. The number of nitrogens with zero attached hydrogens (tertiary/aromatic N) is 2. The topological polar surface area (TPSA) is 60.9 Å². The molecule has 0 aromatic rings. The summed E-state index contributed by atoms with van der Waals surface area (Å²) in [4.78, 5) is 25.5. The lowest BCUT2D eigenvalue weighted by Gasteiger charge is -2.41. The summed E-state index contributed by atoms with van der Waals surface area (Å²) in [5.41, 5.74) is 0. The molecule has 5 heteroatoms. The quantitative estimate of drug-likeness (QED) is 0.757. The molecule has 1 aliphatic rings. The van der Waals surface area contributed by atoms with Crippen LogP contribution in [0.2, 0.25) is 0 Å². The summed E-state index contributed by atoms with van der Waals surface area (Å²) in [7, 11) is 1.76. The smallest absolute Gasteiger partial charge is 0.319 e. The Morgan fingerprint density at radius 3 is 2.40 bits per heavy atom. The van der Waals surface area contributed by atoms with E-state index in [9.17, 15) is 9.59 Å². The van der Waals surface area contributed by atoms with Gasteiger partial charge in [0, 0.05) is 32.1 Å². The fourth-order valence-electron chi connectivity index (χ4n) is 1.55. The molecule has 1 N–H and O–H groups in total. The number of carboxylic acids is 1. The Morgan fingerprint density at radius 2 is 2.00 bits per heavy atom. The van der Waals surface area contributed by atoms with Crippen molar-refractivity contribution in [2.24, 2.45) is 5.92 Å². The number of aliphatic carboxylic acids is 1. The van der Waals surface area contributed by atoms with Crippen molar-refractivity contribution in [2.45, 2.75) is 26.3 Å². The van der Waals surface area contributed by atoms with Gasteiger partial charge < -0.3 is 14.9 Å². The highest BCUT2D eigenvalue weighted by Crippen LogP contribution is 2.20. The maximum absolute atomic E-state index is 11.7. The molecule has 1 fully saturated rings. The van der Waals surface area contributed by atoms with Gasteiger partial charge in [0.2, 0.25) is 0 Å². The first-order valence-corrected chi connectivity index (χ1v) is 5.15. The number of carbonyl (C=O) groups is 2. The van der Waals surface area contributed by atoms with Gasteiger partial charge in [-0.15, -0.1) is 0 Å². The SMILES string of the molecule is CC(C)N(C)C(=O)N1CC(CC(=O)O)C1. The number of urea groups is 1. The van der Waals surface area contributed by atoms with Crippen LogP contribution in [0.4, 0.5) is 4.79 Å². The van der Waals surface area contributed by atoms with Crippen LogP contribution in [0.5, 0.6) is 0 Å². The Bertz CT molecular complexity index is 259. The van der Waals surface area contributed by atoms with Crippen LogP contribution in [-0.2, 0) is 4.79 Å². The van der Waals surface area contributed by atoms with Gasteiger partial charge in [0.25, 0.3) is 0 Å². The lowest BCUT2D eigenvalue weighted by atomic mass is 9.97. The first-order chi connectivity index (χ1) is 6.91. The van der Waals surface area contributed by atoms with Gasteiger partial charge in [0.05, 0.1) is 6.42 Å². The molecule has 1 aliphatic heterocycles. The third kappa shape index (κ3) is 2.84. The van der Waals surface area contributed by atoms with Gasteiger partial charge in [0.1, 0.15) is 0 Å². The minimum Gasteiger partial charge on any atom is -0.481 e. The van der Waals surface area contributed by atoms with Crippen LogP contribution >= 0.6 is 0 Å². The molecular weight excluding hydrogens is 196 g/mol. The molecule has 2 amide bonds. The monoisotopic (exact) mass is 214 g/mol. The number of hydrogen-bond acceptors (Lipinski definition) is 2. The van der Waals surface area contributed by atoms with Gasteiger partial charge in [-0.3, -0.25) is 4.79 Å². The minimum atomic E-state index is -0.788. The summed E-state index contributed by atoms with van der Waals surface area (Å²) in [5, 5.41) is 8.56. The highest BCUT2D eigenvalue weighted by atomic mass is 16.4. The number of hydrogen-bond donors (Lipinski definition) is 1. The number of carbonyl (C=O) groups excluding carboxylic acids is 1. The first kappa shape index (κ1) is 11.8. The van der Waals surface area contributed by atoms with Crippen LogP contribution < -0.4 is 0 Å². The molecule has 86 valence electrons. The lowest BCUT2D eigenvalue weighted by Crippen LogP contribution is -2.55. The van der Waals surface area contributed by atoms with Crippen LogP contribution in [0.1, 0.15) is 20.3 Å². The van der Waals surface area contributed by atoms with Crippen molar-refractivity contribution in [2.75, 3.05) is 20.1 Å². The van der Waals surface area contributed by atoms with Crippen molar-refractivity contribution in [1.82, 2.24) is 9.80 Å². The summed E-state index contributed by atoms with van der Waals surface area (Å²) in [5.74, 6) is -0.656. The van der Waals surface area contributed by atoms with E-state index in [1.807, 2.05) is 13.8 Å². The van der Waals surface area contributed by atoms with Crippen LogP contribution in [-0.4, -0.2) is 53.1 Å². The van der Waals surface area contributed by atoms with Gasteiger partial charge in [-0.2, -0.15) is 0 Å².